The van der Waals surface area contributed by atoms with E-state index < -0.39 is 5.97 Å². The van der Waals surface area contributed by atoms with E-state index in [9.17, 15) is 4.79 Å². The van der Waals surface area contributed by atoms with Crippen molar-refractivity contribution in [2.45, 2.75) is 44.9 Å². The Labute approximate surface area is 119 Å². The SMILES string of the molecule is CCCC(C)(CCC(=O)O)c1ccc(Cl)c(OC)c1. The Hall–Kier alpha value is -1.22. The fourth-order valence-corrected chi connectivity index (χ4v) is 2.58. The molecule has 0 aliphatic rings. The van der Waals surface area contributed by atoms with Crippen LogP contribution in [-0.2, 0) is 10.2 Å². The lowest BCUT2D eigenvalue weighted by Gasteiger charge is -2.30. The Balaban J connectivity index is 3.06. The third-order valence-electron chi connectivity index (χ3n) is 3.54. The molecule has 1 aromatic carbocycles. The summed E-state index contributed by atoms with van der Waals surface area (Å²) in [5.41, 5.74) is 0.919. The van der Waals surface area contributed by atoms with Crippen molar-refractivity contribution in [2.24, 2.45) is 0 Å². The normalized spacial score (nSPS) is 13.9. The van der Waals surface area contributed by atoms with E-state index in [0.29, 0.717) is 17.2 Å². The quantitative estimate of drug-likeness (QED) is 0.813. The monoisotopic (exact) mass is 284 g/mol. The number of benzene rings is 1. The van der Waals surface area contributed by atoms with Crippen molar-refractivity contribution in [3.63, 3.8) is 0 Å². The van der Waals surface area contributed by atoms with Crippen LogP contribution < -0.4 is 4.74 Å². The highest BCUT2D eigenvalue weighted by molar-refractivity contribution is 6.32. The molecule has 1 atom stereocenters. The van der Waals surface area contributed by atoms with Gasteiger partial charge in [0.05, 0.1) is 12.1 Å². The predicted octanol–water partition coefficient (Wildman–Crippen LogP) is 4.27. The molecule has 1 unspecified atom stereocenters. The minimum atomic E-state index is -0.761. The van der Waals surface area contributed by atoms with Crippen molar-refractivity contribution in [2.75, 3.05) is 7.11 Å². The molecular formula is C15H21ClO3. The fraction of sp³-hybridized carbons (Fsp3) is 0.533. The second kappa shape index (κ2) is 6.80. The number of methoxy groups -OCH3 is 1. The van der Waals surface area contributed by atoms with Crippen molar-refractivity contribution >= 4 is 17.6 Å². The second-order valence-corrected chi connectivity index (χ2v) is 5.46. The zero-order valence-corrected chi connectivity index (χ0v) is 12.5. The minimum absolute atomic E-state index is 0.162. The van der Waals surface area contributed by atoms with Gasteiger partial charge in [0.15, 0.2) is 0 Å². The number of rotatable bonds is 7. The van der Waals surface area contributed by atoms with E-state index in [-0.39, 0.29) is 11.8 Å². The highest BCUT2D eigenvalue weighted by Crippen LogP contribution is 2.37. The zero-order chi connectivity index (χ0) is 14.5. The van der Waals surface area contributed by atoms with Gasteiger partial charge in [0.25, 0.3) is 0 Å². The molecule has 19 heavy (non-hydrogen) atoms. The summed E-state index contributed by atoms with van der Waals surface area (Å²) in [6.45, 7) is 4.20. The highest BCUT2D eigenvalue weighted by Gasteiger charge is 2.27. The Morgan fingerprint density at radius 1 is 1.42 bits per heavy atom. The lowest BCUT2D eigenvalue weighted by Crippen LogP contribution is -2.23. The van der Waals surface area contributed by atoms with Gasteiger partial charge in [-0.05, 0) is 36.0 Å². The maximum Gasteiger partial charge on any atom is 0.303 e. The van der Waals surface area contributed by atoms with E-state index in [0.717, 1.165) is 18.4 Å². The molecule has 0 aromatic heterocycles. The summed E-state index contributed by atoms with van der Waals surface area (Å²) in [5.74, 6) is -0.125. The summed E-state index contributed by atoms with van der Waals surface area (Å²) in [6.07, 6.45) is 2.72. The molecule has 1 aromatic rings. The molecule has 0 saturated heterocycles. The maximum atomic E-state index is 10.8. The number of hydrogen-bond acceptors (Lipinski definition) is 2. The van der Waals surface area contributed by atoms with E-state index in [2.05, 4.69) is 13.8 Å². The van der Waals surface area contributed by atoms with Crippen LogP contribution in [0.4, 0.5) is 0 Å². The fourth-order valence-electron chi connectivity index (χ4n) is 2.38. The predicted molar refractivity (Wildman–Crippen MR) is 77.1 cm³/mol. The van der Waals surface area contributed by atoms with Crippen molar-refractivity contribution in [3.8, 4) is 5.75 Å². The van der Waals surface area contributed by atoms with Gasteiger partial charge in [-0.3, -0.25) is 4.79 Å². The van der Waals surface area contributed by atoms with E-state index in [1.54, 1.807) is 7.11 Å². The van der Waals surface area contributed by atoms with Crippen LogP contribution in [0.5, 0.6) is 5.75 Å². The number of carboxylic acid groups (broad SMARTS) is 1. The molecule has 1 N–H and O–H groups in total. The van der Waals surface area contributed by atoms with Crippen molar-refractivity contribution in [1.82, 2.24) is 0 Å². The zero-order valence-electron chi connectivity index (χ0n) is 11.7. The Morgan fingerprint density at radius 3 is 2.63 bits per heavy atom. The molecule has 106 valence electrons. The molecule has 0 spiro atoms. The standard InChI is InChI=1S/C15H21ClO3/c1-4-8-15(2,9-7-14(17)18)11-5-6-12(16)13(10-11)19-3/h5-6,10H,4,7-9H2,1-3H3,(H,17,18). The van der Waals surface area contributed by atoms with Crippen LogP contribution in [-0.4, -0.2) is 18.2 Å². The first kappa shape index (κ1) is 15.8. The lowest BCUT2D eigenvalue weighted by atomic mass is 9.75. The van der Waals surface area contributed by atoms with Gasteiger partial charge in [0, 0.05) is 6.42 Å². The van der Waals surface area contributed by atoms with Crippen molar-refractivity contribution < 1.29 is 14.6 Å². The molecule has 0 amide bonds. The van der Waals surface area contributed by atoms with Gasteiger partial charge >= 0.3 is 5.97 Å². The van der Waals surface area contributed by atoms with E-state index in [4.69, 9.17) is 21.4 Å². The van der Waals surface area contributed by atoms with E-state index in [1.165, 1.54) is 0 Å². The smallest absolute Gasteiger partial charge is 0.303 e. The van der Waals surface area contributed by atoms with Gasteiger partial charge < -0.3 is 9.84 Å². The molecule has 0 aliphatic heterocycles. The number of ether oxygens (including phenoxy) is 1. The third kappa shape index (κ3) is 4.13. The van der Waals surface area contributed by atoms with Crippen LogP contribution in [0.25, 0.3) is 0 Å². The Kier molecular flexibility index (Phi) is 5.67. The van der Waals surface area contributed by atoms with Crippen molar-refractivity contribution in [1.29, 1.82) is 0 Å². The number of aliphatic carboxylic acids is 1. The third-order valence-corrected chi connectivity index (χ3v) is 3.85. The van der Waals surface area contributed by atoms with E-state index in [1.807, 2.05) is 18.2 Å². The molecule has 0 aliphatic carbocycles. The molecule has 0 fully saturated rings. The topological polar surface area (TPSA) is 46.5 Å². The first-order valence-corrected chi connectivity index (χ1v) is 6.86. The number of hydrogen-bond donors (Lipinski definition) is 1. The lowest BCUT2D eigenvalue weighted by molar-refractivity contribution is -0.137. The summed E-state index contributed by atoms with van der Waals surface area (Å²) in [4.78, 5) is 10.8. The molecule has 3 nitrogen and oxygen atoms in total. The first-order valence-electron chi connectivity index (χ1n) is 6.48. The largest absolute Gasteiger partial charge is 0.495 e. The molecule has 4 heteroatoms. The Bertz CT molecular complexity index is 445. The van der Waals surface area contributed by atoms with Crippen LogP contribution in [0.3, 0.4) is 0 Å². The van der Waals surface area contributed by atoms with Crippen LogP contribution in [0.15, 0.2) is 18.2 Å². The molecule has 0 radical (unpaired) electrons. The molecular weight excluding hydrogens is 264 g/mol. The van der Waals surface area contributed by atoms with Gasteiger partial charge in [0.1, 0.15) is 5.75 Å². The van der Waals surface area contributed by atoms with Gasteiger partial charge in [0.2, 0.25) is 0 Å². The summed E-state index contributed by atoms with van der Waals surface area (Å²) < 4.78 is 5.24. The number of halogens is 1. The molecule has 0 saturated carbocycles. The Morgan fingerprint density at radius 2 is 2.11 bits per heavy atom. The number of carboxylic acids is 1. The van der Waals surface area contributed by atoms with Gasteiger partial charge in [-0.25, -0.2) is 0 Å². The maximum absolute atomic E-state index is 10.8. The highest BCUT2D eigenvalue weighted by atomic mass is 35.5. The minimum Gasteiger partial charge on any atom is -0.495 e. The van der Waals surface area contributed by atoms with Crippen LogP contribution >= 0.6 is 11.6 Å². The average molecular weight is 285 g/mol. The molecule has 0 heterocycles. The summed E-state index contributed by atoms with van der Waals surface area (Å²) >= 11 is 6.03. The van der Waals surface area contributed by atoms with E-state index >= 15 is 0 Å². The van der Waals surface area contributed by atoms with Crippen LogP contribution in [0, 0.1) is 0 Å². The summed E-state index contributed by atoms with van der Waals surface area (Å²) in [5, 5.41) is 9.46. The summed E-state index contributed by atoms with van der Waals surface area (Å²) in [6, 6.07) is 5.69. The van der Waals surface area contributed by atoms with Gasteiger partial charge in [-0.15, -0.1) is 0 Å². The average Bonchev–Trinajstić information content (AvgIpc) is 2.37. The van der Waals surface area contributed by atoms with Crippen LogP contribution in [0.1, 0.15) is 45.1 Å². The summed E-state index contributed by atoms with van der Waals surface area (Å²) in [7, 11) is 1.58. The molecule has 0 bridgehead atoms. The first-order chi connectivity index (χ1) is 8.92. The molecule has 1 rings (SSSR count). The van der Waals surface area contributed by atoms with Crippen LogP contribution in [0.2, 0.25) is 5.02 Å². The van der Waals surface area contributed by atoms with Gasteiger partial charge in [-0.2, -0.15) is 0 Å². The number of carbonyl (C=O) groups is 1. The second-order valence-electron chi connectivity index (χ2n) is 5.05. The van der Waals surface area contributed by atoms with Gasteiger partial charge in [-0.1, -0.05) is 37.9 Å². The van der Waals surface area contributed by atoms with Crippen molar-refractivity contribution in [3.05, 3.63) is 28.8 Å².